The van der Waals surface area contributed by atoms with Crippen molar-refractivity contribution < 1.29 is 13.9 Å². The summed E-state index contributed by atoms with van der Waals surface area (Å²) in [5, 5.41) is 7.23. The topological polar surface area (TPSA) is 65.2 Å². The number of hydrogen-bond acceptors (Lipinski definition) is 6. The average molecular weight is 202 g/mol. The molecule has 0 saturated carbocycles. The Kier molecular flexibility index (Phi) is 3.75. The molecule has 0 radical (unpaired) electrons. The summed E-state index contributed by atoms with van der Waals surface area (Å²) in [6, 6.07) is 0. The van der Waals surface area contributed by atoms with Crippen LogP contribution in [0.1, 0.15) is 16.6 Å². The second-order valence-electron chi connectivity index (χ2n) is 2.24. The summed E-state index contributed by atoms with van der Waals surface area (Å²) in [7, 11) is 1.27. The van der Waals surface area contributed by atoms with Gasteiger partial charge in [0.25, 0.3) is 0 Å². The summed E-state index contributed by atoms with van der Waals surface area (Å²) in [5.41, 5.74) is 0. The summed E-state index contributed by atoms with van der Waals surface area (Å²) in [5.74, 6) is 0.680. The van der Waals surface area contributed by atoms with Gasteiger partial charge in [-0.1, -0.05) is 0 Å². The number of hydrogen-bond donors (Lipinski definition) is 0. The molecule has 1 heterocycles. The molecule has 1 aromatic rings. The van der Waals surface area contributed by atoms with Crippen molar-refractivity contribution in [3.63, 3.8) is 0 Å². The number of aromatic nitrogens is 2. The Balaban J connectivity index is 2.58. The molecule has 1 rings (SSSR count). The molecule has 6 heteroatoms. The predicted molar refractivity (Wildman–Crippen MR) is 47.7 cm³/mol. The minimum atomic E-state index is -0.595. The van der Waals surface area contributed by atoms with E-state index in [1.807, 2.05) is 6.26 Å². The van der Waals surface area contributed by atoms with Crippen LogP contribution in [-0.2, 0) is 11.2 Å². The molecule has 0 amide bonds. The van der Waals surface area contributed by atoms with Gasteiger partial charge in [0.1, 0.15) is 0 Å². The standard InChI is InChI=1S/C7H10N2O3S/c1-11-7(10)6-9-8-5(12-6)3-4-13-2/h3-4H2,1-2H3. The van der Waals surface area contributed by atoms with Crippen molar-refractivity contribution in [3.8, 4) is 0 Å². The van der Waals surface area contributed by atoms with Gasteiger partial charge in [0.2, 0.25) is 5.89 Å². The van der Waals surface area contributed by atoms with Crippen molar-refractivity contribution in [2.75, 3.05) is 19.1 Å². The van der Waals surface area contributed by atoms with Crippen LogP contribution in [0, 0.1) is 0 Å². The zero-order valence-corrected chi connectivity index (χ0v) is 8.26. The minimum absolute atomic E-state index is 0.0846. The van der Waals surface area contributed by atoms with Gasteiger partial charge in [0, 0.05) is 12.2 Å². The van der Waals surface area contributed by atoms with E-state index in [2.05, 4.69) is 14.9 Å². The van der Waals surface area contributed by atoms with Crippen LogP contribution in [0.15, 0.2) is 4.42 Å². The van der Waals surface area contributed by atoms with Crippen LogP contribution < -0.4 is 0 Å². The van der Waals surface area contributed by atoms with Gasteiger partial charge >= 0.3 is 11.9 Å². The van der Waals surface area contributed by atoms with E-state index in [1.54, 1.807) is 11.8 Å². The molecular weight excluding hydrogens is 192 g/mol. The average Bonchev–Trinajstić information content (AvgIpc) is 2.62. The highest BCUT2D eigenvalue weighted by molar-refractivity contribution is 7.98. The van der Waals surface area contributed by atoms with Crippen molar-refractivity contribution in [2.24, 2.45) is 0 Å². The first-order valence-electron chi connectivity index (χ1n) is 3.67. The first-order chi connectivity index (χ1) is 6.27. The van der Waals surface area contributed by atoms with E-state index < -0.39 is 5.97 Å². The Morgan fingerprint density at radius 2 is 2.38 bits per heavy atom. The molecule has 0 N–H and O–H groups in total. The fourth-order valence-electron chi connectivity index (χ4n) is 0.714. The molecule has 72 valence electrons. The third-order valence-corrected chi connectivity index (χ3v) is 1.96. The SMILES string of the molecule is COC(=O)c1nnc(CCSC)o1. The quantitative estimate of drug-likeness (QED) is 0.672. The van der Waals surface area contributed by atoms with E-state index in [9.17, 15) is 4.79 Å². The van der Waals surface area contributed by atoms with Gasteiger partial charge in [-0.25, -0.2) is 4.79 Å². The first-order valence-corrected chi connectivity index (χ1v) is 5.07. The van der Waals surface area contributed by atoms with Gasteiger partial charge < -0.3 is 9.15 Å². The third-order valence-electron chi connectivity index (χ3n) is 1.35. The van der Waals surface area contributed by atoms with Crippen LogP contribution >= 0.6 is 11.8 Å². The van der Waals surface area contributed by atoms with Crippen molar-refractivity contribution in [2.45, 2.75) is 6.42 Å². The van der Waals surface area contributed by atoms with E-state index in [-0.39, 0.29) is 5.89 Å². The van der Waals surface area contributed by atoms with Crippen LogP contribution in [0.3, 0.4) is 0 Å². The van der Waals surface area contributed by atoms with Crippen LogP contribution in [0.2, 0.25) is 0 Å². The monoisotopic (exact) mass is 202 g/mol. The summed E-state index contributed by atoms with van der Waals surface area (Å²) in [6.45, 7) is 0. The fourth-order valence-corrected chi connectivity index (χ4v) is 1.09. The predicted octanol–water partition coefficient (Wildman–Crippen LogP) is 0.762. The van der Waals surface area contributed by atoms with E-state index in [4.69, 9.17) is 4.42 Å². The zero-order valence-electron chi connectivity index (χ0n) is 7.44. The molecule has 0 aromatic carbocycles. The number of thioether (sulfide) groups is 1. The Labute approximate surface area is 79.9 Å². The molecule has 0 spiro atoms. The normalized spacial score (nSPS) is 10.0. The fraction of sp³-hybridized carbons (Fsp3) is 0.571. The molecule has 0 aliphatic heterocycles. The molecule has 0 fully saturated rings. The molecule has 0 unspecified atom stereocenters. The number of aryl methyl sites for hydroxylation is 1. The Morgan fingerprint density at radius 1 is 1.62 bits per heavy atom. The molecule has 0 saturated heterocycles. The second-order valence-corrected chi connectivity index (χ2v) is 3.22. The molecule has 13 heavy (non-hydrogen) atoms. The van der Waals surface area contributed by atoms with Gasteiger partial charge in [-0.05, 0) is 6.26 Å². The molecule has 0 atom stereocenters. The molecule has 0 bridgehead atoms. The van der Waals surface area contributed by atoms with Crippen molar-refractivity contribution in [1.82, 2.24) is 10.2 Å². The lowest BCUT2D eigenvalue weighted by atomic mass is 10.5. The smallest absolute Gasteiger partial charge is 0.396 e. The summed E-state index contributed by atoms with van der Waals surface area (Å²) >= 11 is 1.68. The van der Waals surface area contributed by atoms with Gasteiger partial charge in [0.15, 0.2) is 0 Å². The van der Waals surface area contributed by atoms with E-state index in [0.29, 0.717) is 12.3 Å². The van der Waals surface area contributed by atoms with Crippen LogP contribution in [0.4, 0.5) is 0 Å². The Bertz CT molecular complexity index is 287. The minimum Gasteiger partial charge on any atom is -0.462 e. The first kappa shape index (κ1) is 10.0. The lowest BCUT2D eigenvalue weighted by Crippen LogP contribution is -2.00. The van der Waals surface area contributed by atoms with Crippen LogP contribution in [-0.4, -0.2) is 35.3 Å². The highest BCUT2D eigenvalue weighted by Crippen LogP contribution is 2.04. The number of carbonyl (C=O) groups is 1. The largest absolute Gasteiger partial charge is 0.462 e. The lowest BCUT2D eigenvalue weighted by molar-refractivity contribution is 0.0554. The Morgan fingerprint density at radius 3 is 3.00 bits per heavy atom. The van der Waals surface area contributed by atoms with E-state index in [1.165, 1.54) is 7.11 Å². The maximum absolute atomic E-state index is 10.9. The zero-order chi connectivity index (χ0) is 9.68. The maximum atomic E-state index is 10.9. The highest BCUT2D eigenvalue weighted by atomic mass is 32.2. The van der Waals surface area contributed by atoms with Crippen molar-refractivity contribution in [3.05, 3.63) is 11.8 Å². The molecule has 0 aliphatic rings. The molecule has 0 aliphatic carbocycles. The van der Waals surface area contributed by atoms with Gasteiger partial charge in [0.05, 0.1) is 7.11 Å². The summed E-state index contributed by atoms with van der Waals surface area (Å²) in [4.78, 5) is 10.9. The number of rotatable bonds is 4. The van der Waals surface area contributed by atoms with Gasteiger partial charge in [-0.15, -0.1) is 10.2 Å². The lowest BCUT2D eigenvalue weighted by Gasteiger charge is -1.90. The molecule has 5 nitrogen and oxygen atoms in total. The second kappa shape index (κ2) is 4.86. The molecule has 1 aromatic heterocycles. The number of carbonyl (C=O) groups excluding carboxylic acids is 1. The Hall–Kier alpha value is -1.04. The van der Waals surface area contributed by atoms with Crippen molar-refractivity contribution in [1.29, 1.82) is 0 Å². The summed E-state index contributed by atoms with van der Waals surface area (Å²) in [6.07, 6.45) is 2.66. The highest BCUT2D eigenvalue weighted by Gasteiger charge is 2.14. The number of esters is 1. The number of ether oxygens (including phenoxy) is 1. The number of nitrogens with zero attached hydrogens (tertiary/aromatic N) is 2. The van der Waals surface area contributed by atoms with E-state index >= 15 is 0 Å². The maximum Gasteiger partial charge on any atom is 0.396 e. The van der Waals surface area contributed by atoms with Crippen LogP contribution in [0.5, 0.6) is 0 Å². The molecular formula is C7H10N2O3S. The number of methoxy groups -OCH3 is 1. The van der Waals surface area contributed by atoms with Gasteiger partial charge in [-0.3, -0.25) is 0 Å². The van der Waals surface area contributed by atoms with E-state index in [0.717, 1.165) is 5.75 Å². The third kappa shape index (κ3) is 2.73. The summed E-state index contributed by atoms with van der Waals surface area (Å²) < 4.78 is 9.44. The van der Waals surface area contributed by atoms with Crippen LogP contribution in [0.25, 0.3) is 0 Å². The van der Waals surface area contributed by atoms with Gasteiger partial charge in [-0.2, -0.15) is 11.8 Å². The van der Waals surface area contributed by atoms with Crippen molar-refractivity contribution >= 4 is 17.7 Å².